The average molecular weight is 338 g/mol. The third kappa shape index (κ3) is 2.69. The van der Waals surface area contributed by atoms with E-state index in [4.69, 9.17) is 11.6 Å². The molecule has 1 aromatic heterocycles. The van der Waals surface area contributed by atoms with Crippen molar-refractivity contribution in [3.63, 3.8) is 0 Å². The van der Waals surface area contributed by atoms with Gasteiger partial charge in [0.15, 0.2) is 0 Å². The predicted molar refractivity (Wildman–Crippen MR) is 96.7 cm³/mol. The van der Waals surface area contributed by atoms with Crippen molar-refractivity contribution in [2.24, 2.45) is 5.10 Å². The molecule has 1 heterocycles. The minimum Gasteiger partial charge on any atom is -0.353 e. The van der Waals surface area contributed by atoms with E-state index < -0.39 is 0 Å². The molecule has 3 aromatic rings. The maximum Gasteiger partial charge on any atom is 0.271 e. The first kappa shape index (κ1) is 15.0. The molecule has 2 N–H and O–H groups in total. The van der Waals surface area contributed by atoms with Crippen molar-refractivity contribution in [3.05, 3.63) is 70.4 Å². The molecule has 0 fully saturated rings. The number of fused-ring (bicyclic) bond motifs is 3. The SMILES string of the molecule is O=C(N/N=C1\CCCc2c1[nH]c1ccccc21)c1ccc(Cl)cc1. The Bertz CT molecular complexity index is 941. The molecule has 0 unspecified atom stereocenters. The van der Waals surface area contributed by atoms with Crippen molar-refractivity contribution in [1.82, 2.24) is 10.4 Å². The lowest BCUT2D eigenvalue weighted by Crippen LogP contribution is -2.22. The maximum atomic E-state index is 12.2. The second-order valence-electron chi connectivity index (χ2n) is 5.88. The van der Waals surface area contributed by atoms with Crippen LogP contribution in [0.4, 0.5) is 0 Å². The summed E-state index contributed by atoms with van der Waals surface area (Å²) >= 11 is 5.85. The zero-order valence-corrected chi connectivity index (χ0v) is 13.7. The number of para-hydroxylation sites is 1. The zero-order valence-electron chi connectivity index (χ0n) is 13.0. The first-order valence-corrected chi connectivity index (χ1v) is 8.32. The molecule has 24 heavy (non-hydrogen) atoms. The average Bonchev–Trinajstić information content (AvgIpc) is 2.99. The number of H-pyrrole nitrogens is 1. The number of hydrazone groups is 1. The van der Waals surface area contributed by atoms with Crippen LogP contribution in [0, 0.1) is 0 Å². The number of aromatic amines is 1. The van der Waals surface area contributed by atoms with Crippen LogP contribution in [-0.4, -0.2) is 16.6 Å². The van der Waals surface area contributed by atoms with Crippen molar-refractivity contribution in [1.29, 1.82) is 0 Å². The smallest absolute Gasteiger partial charge is 0.271 e. The molecular formula is C19H16ClN3O. The number of nitrogens with zero attached hydrogens (tertiary/aromatic N) is 1. The fourth-order valence-electron chi connectivity index (χ4n) is 3.16. The monoisotopic (exact) mass is 337 g/mol. The van der Waals surface area contributed by atoms with Crippen LogP contribution in [0.5, 0.6) is 0 Å². The Balaban J connectivity index is 1.62. The first-order chi connectivity index (χ1) is 11.7. The van der Waals surface area contributed by atoms with Gasteiger partial charge in [0.1, 0.15) is 0 Å². The van der Waals surface area contributed by atoms with Crippen LogP contribution in [0.15, 0.2) is 53.6 Å². The Morgan fingerprint density at radius 3 is 2.71 bits per heavy atom. The lowest BCUT2D eigenvalue weighted by molar-refractivity contribution is 0.0955. The molecule has 0 spiro atoms. The van der Waals surface area contributed by atoms with Crippen LogP contribution in [0.1, 0.15) is 34.5 Å². The summed E-state index contributed by atoms with van der Waals surface area (Å²) in [7, 11) is 0. The topological polar surface area (TPSA) is 57.2 Å². The standard InChI is InChI=1S/C19H16ClN3O/c20-13-10-8-12(9-11-13)19(24)23-22-17-7-3-5-15-14-4-1-2-6-16(14)21-18(15)17/h1-2,4,6,8-11,21H,3,5,7H2,(H,23,24)/b22-17+. The summed E-state index contributed by atoms with van der Waals surface area (Å²) in [5, 5.41) is 6.22. The Morgan fingerprint density at radius 2 is 1.88 bits per heavy atom. The van der Waals surface area contributed by atoms with Crippen molar-refractivity contribution >= 4 is 34.1 Å². The van der Waals surface area contributed by atoms with Gasteiger partial charge in [-0.25, -0.2) is 5.43 Å². The van der Waals surface area contributed by atoms with E-state index in [1.807, 2.05) is 12.1 Å². The number of benzene rings is 2. The summed E-state index contributed by atoms with van der Waals surface area (Å²) in [4.78, 5) is 15.6. The minimum absolute atomic E-state index is 0.234. The van der Waals surface area contributed by atoms with E-state index in [-0.39, 0.29) is 5.91 Å². The van der Waals surface area contributed by atoms with Gasteiger partial charge in [-0.2, -0.15) is 5.10 Å². The molecule has 0 aliphatic heterocycles. The van der Waals surface area contributed by atoms with E-state index in [9.17, 15) is 4.79 Å². The van der Waals surface area contributed by atoms with Gasteiger partial charge in [0.25, 0.3) is 5.91 Å². The lowest BCUT2D eigenvalue weighted by atomic mass is 9.94. The summed E-state index contributed by atoms with van der Waals surface area (Å²) < 4.78 is 0. The number of aryl methyl sites for hydroxylation is 1. The molecule has 1 aliphatic rings. The van der Waals surface area contributed by atoms with Gasteiger partial charge in [-0.15, -0.1) is 0 Å². The molecular weight excluding hydrogens is 322 g/mol. The number of aromatic nitrogens is 1. The number of carbonyl (C=O) groups is 1. The van der Waals surface area contributed by atoms with E-state index in [0.29, 0.717) is 10.6 Å². The van der Waals surface area contributed by atoms with Gasteiger partial charge in [0.05, 0.1) is 11.4 Å². The molecule has 4 rings (SSSR count). The first-order valence-electron chi connectivity index (χ1n) is 7.95. The molecule has 5 heteroatoms. The van der Waals surface area contributed by atoms with Gasteiger partial charge >= 0.3 is 0 Å². The van der Waals surface area contributed by atoms with Crippen LogP contribution < -0.4 is 5.43 Å². The van der Waals surface area contributed by atoms with E-state index >= 15 is 0 Å². The third-order valence-corrected chi connectivity index (χ3v) is 4.59. The molecule has 4 nitrogen and oxygen atoms in total. The second kappa shape index (κ2) is 6.13. The highest BCUT2D eigenvalue weighted by Crippen LogP contribution is 2.29. The van der Waals surface area contributed by atoms with Crippen molar-refractivity contribution in [2.45, 2.75) is 19.3 Å². The van der Waals surface area contributed by atoms with Crippen LogP contribution in [0.25, 0.3) is 10.9 Å². The number of halogens is 1. The van der Waals surface area contributed by atoms with Crippen molar-refractivity contribution in [2.75, 3.05) is 0 Å². The number of nitrogens with one attached hydrogen (secondary N) is 2. The van der Waals surface area contributed by atoms with E-state index in [2.05, 4.69) is 27.6 Å². The van der Waals surface area contributed by atoms with Gasteiger partial charge in [0, 0.05) is 21.5 Å². The number of carbonyl (C=O) groups excluding carboxylic acids is 1. The minimum atomic E-state index is -0.234. The second-order valence-corrected chi connectivity index (χ2v) is 6.32. The van der Waals surface area contributed by atoms with Crippen LogP contribution in [-0.2, 0) is 6.42 Å². The Morgan fingerprint density at radius 1 is 1.08 bits per heavy atom. The number of amides is 1. The van der Waals surface area contributed by atoms with Gasteiger partial charge in [-0.3, -0.25) is 4.79 Å². The summed E-state index contributed by atoms with van der Waals surface area (Å²) in [5.74, 6) is -0.234. The van der Waals surface area contributed by atoms with Crippen molar-refractivity contribution in [3.8, 4) is 0 Å². The van der Waals surface area contributed by atoms with E-state index in [1.165, 1.54) is 10.9 Å². The molecule has 2 aromatic carbocycles. The van der Waals surface area contributed by atoms with Crippen LogP contribution in [0.3, 0.4) is 0 Å². The Labute approximate surface area is 144 Å². The third-order valence-electron chi connectivity index (χ3n) is 4.34. The van der Waals surface area contributed by atoms with Gasteiger partial charge < -0.3 is 4.98 Å². The Kier molecular flexibility index (Phi) is 3.82. The van der Waals surface area contributed by atoms with Crippen LogP contribution in [0.2, 0.25) is 5.02 Å². The predicted octanol–water partition coefficient (Wildman–Crippen LogP) is 4.29. The van der Waals surface area contributed by atoms with Gasteiger partial charge in [-0.1, -0.05) is 29.8 Å². The normalized spacial score (nSPS) is 15.5. The van der Waals surface area contributed by atoms with E-state index in [1.54, 1.807) is 24.3 Å². The molecule has 0 saturated carbocycles. The molecule has 1 amide bonds. The lowest BCUT2D eigenvalue weighted by Gasteiger charge is -2.14. The number of rotatable bonds is 2. The fourth-order valence-corrected chi connectivity index (χ4v) is 3.29. The largest absolute Gasteiger partial charge is 0.353 e. The highest BCUT2D eigenvalue weighted by atomic mass is 35.5. The van der Waals surface area contributed by atoms with Gasteiger partial charge in [-0.05, 0) is 55.2 Å². The molecule has 1 aliphatic carbocycles. The summed E-state index contributed by atoms with van der Waals surface area (Å²) in [6.07, 6.45) is 2.91. The molecule has 0 bridgehead atoms. The number of hydrogen-bond donors (Lipinski definition) is 2. The number of hydrogen-bond acceptors (Lipinski definition) is 2. The molecule has 0 saturated heterocycles. The fraction of sp³-hybridized carbons (Fsp3) is 0.158. The highest BCUT2D eigenvalue weighted by molar-refractivity contribution is 6.30. The summed E-state index contributed by atoms with van der Waals surface area (Å²) in [5.41, 5.74) is 7.54. The summed E-state index contributed by atoms with van der Waals surface area (Å²) in [6, 6.07) is 15.0. The summed E-state index contributed by atoms with van der Waals surface area (Å²) in [6.45, 7) is 0. The quantitative estimate of drug-likeness (QED) is 0.673. The Hall–Kier alpha value is -2.59. The maximum absolute atomic E-state index is 12.2. The van der Waals surface area contributed by atoms with Gasteiger partial charge in [0.2, 0.25) is 0 Å². The molecule has 0 atom stereocenters. The van der Waals surface area contributed by atoms with Crippen molar-refractivity contribution < 1.29 is 4.79 Å². The highest BCUT2D eigenvalue weighted by Gasteiger charge is 2.20. The molecule has 0 radical (unpaired) electrons. The zero-order chi connectivity index (χ0) is 16.5. The molecule has 120 valence electrons. The van der Waals surface area contributed by atoms with E-state index in [0.717, 1.165) is 36.2 Å². The van der Waals surface area contributed by atoms with Crippen LogP contribution >= 0.6 is 11.6 Å².